The number of nitrogens with zero attached hydrogens (tertiary/aromatic N) is 8. The van der Waals surface area contributed by atoms with Crippen LogP contribution >= 0.6 is 11.3 Å². The average Bonchev–Trinajstić information content (AvgIpc) is 3.87. The summed E-state index contributed by atoms with van der Waals surface area (Å²) in [7, 11) is -3.32. The van der Waals surface area contributed by atoms with E-state index in [2.05, 4.69) is 37.2 Å². The molecule has 47 heavy (non-hydrogen) atoms. The van der Waals surface area contributed by atoms with Crippen molar-refractivity contribution in [3.63, 3.8) is 0 Å². The van der Waals surface area contributed by atoms with Crippen LogP contribution in [0.5, 0.6) is 0 Å². The van der Waals surface area contributed by atoms with E-state index in [1.54, 1.807) is 28.3 Å². The summed E-state index contributed by atoms with van der Waals surface area (Å²) in [4.78, 5) is 33.6. The monoisotopic (exact) mass is 671 g/mol. The molecule has 0 amide bonds. The van der Waals surface area contributed by atoms with Gasteiger partial charge in [-0.3, -0.25) is 18.8 Å². The van der Waals surface area contributed by atoms with Crippen LogP contribution in [0, 0.1) is 0 Å². The second-order valence-electron chi connectivity index (χ2n) is 12.7. The second kappa shape index (κ2) is 12.2. The zero-order valence-electron chi connectivity index (χ0n) is 26.2. The molecule has 8 rings (SSSR count). The number of pyridine rings is 1. The molecular formula is C33H37N9O3S2. The maximum Gasteiger partial charge on any atom is 0.263 e. The molecule has 3 aliphatic heterocycles. The Kier molecular flexibility index (Phi) is 7.82. The molecule has 5 aromatic rings. The highest BCUT2D eigenvalue weighted by Crippen LogP contribution is 2.31. The van der Waals surface area contributed by atoms with Crippen LogP contribution < -0.4 is 15.8 Å². The number of hydrogen-bond acceptors (Lipinski definition) is 10. The lowest BCUT2D eigenvalue weighted by atomic mass is 10.0. The fraction of sp³-hybridized carbons (Fsp3) is 0.394. The molecule has 1 aromatic carbocycles. The van der Waals surface area contributed by atoms with Gasteiger partial charge < -0.3 is 10.2 Å². The van der Waals surface area contributed by atoms with Gasteiger partial charge in [0.05, 0.1) is 17.5 Å². The van der Waals surface area contributed by atoms with Crippen LogP contribution in [0.1, 0.15) is 31.7 Å². The number of nitrogens with one attached hydrogen (secondary N) is 1. The Bertz CT molecular complexity index is 2070. The van der Waals surface area contributed by atoms with Gasteiger partial charge in [0.25, 0.3) is 5.56 Å². The number of sulfonamides is 1. The van der Waals surface area contributed by atoms with Crippen LogP contribution in [0.25, 0.3) is 28.1 Å². The van der Waals surface area contributed by atoms with Gasteiger partial charge in [-0.05, 0) is 74.0 Å². The van der Waals surface area contributed by atoms with Crippen LogP contribution in [0.4, 0.5) is 17.3 Å². The molecule has 0 saturated carbocycles. The fourth-order valence-electron chi connectivity index (χ4n) is 7.33. The Morgan fingerprint density at radius 1 is 0.936 bits per heavy atom. The maximum absolute atomic E-state index is 14.4. The fourth-order valence-corrected chi connectivity index (χ4v) is 8.83. The van der Waals surface area contributed by atoms with Crippen molar-refractivity contribution < 1.29 is 8.42 Å². The maximum atomic E-state index is 14.4. The van der Waals surface area contributed by atoms with Crippen LogP contribution in [0.15, 0.2) is 70.5 Å². The van der Waals surface area contributed by atoms with Gasteiger partial charge in [-0.25, -0.2) is 22.7 Å². The molecular weight excluding hydrogens is 635 g/mol. The van der Waals surface area contributed by atoms with Crippen molar-refractivity contribution >= 4 is 49.7 Å². The topological polar surface area (TPSA) is 121 Å². The lowest BCUT2D eigenvalue weighted by Crippen LogP contribution is -2.50. The highest BCUT2D eigenvalue weighted by atomic mass is 32.2. The largest absolute Gasteiger partial charge is 0.369 e. The van der Waals surface area contributed by atoms with E-state index in [4.69, 9.17) is 4.98 Å². The summed E-state index contributed by atoms with van der Waals surface area (Å²) < 4.78 is 29.6. The van der Waals surface area contributed by atoms with Gasteiger partial charge in [-0.2, -0.15) is 16.3 Å². The lowest BCUT2D eigenvalue weighted by Gasteiger charge is -2.38. The summed E-state index contributed by atoms with van der Waals surface area (Å²) in [5.74, 6) is 0.924. The Hall–Kier alpha value is -4.11. The first-order valence-corrected chi connectivity index (χ1v) is 18.9. The minimum atomic E-state index is -3.32. The quantitative estimate of drug-likeness (QED) is 0.270. The number of fused-ring (bicyclic) bond motifs is 2. The number of imidazole rings is 1. The van der Waals surface area contributed by atoms with Gasteiger partial charge in [-0.15, -0.1) is 0 Å². The van der Waals surface area contributed by atoms with E-state index in [0.717, 1.165) is 31.0 Å². The zero-order chi connectivity index (χ0) is 32.1. The molecule has 3 saturated heterocycles. The van der Waals surface area contributed by atoms with Crippen LogP contribution in [0.3, 0.4) is 0 Å². The van der Waals surface area contributed by atoms with E-state index in [-0.39, 0.29) is 11.6 Å². The molecule has 14 heteroatoms. The normalized spacial score (nSPS) is 19.8. The first-order valence-electron chi connectivity index (χ1n) is 16.1. The van der Waals surface area contributed by atoms with E-state index in [1.807, 2.05) is 45.8 Å². The summed E-state index contributed by atoms with van der Waals surface area (Å²) in [5.41, 5.74) is 3.74. The number of anilines is 3. The predicted octanol–water partition coefficient (Wildman–Crippen LogP) is 4.33. The standard InChI is InChI=1S/C33H37N9O3S2/c1-47(44,45)40-13-8-26(9-14-40)42-30-23(19-29(32(42)43)31-34-11-15-41(31)28-10-18-46-22-28)20-35-33(37-30)36-24-4-6-25(7-5-24)39-17-16-38-12-2-3-27(38)21-39/h4-7,10-11,15,18-20,22,26-27H,2-3,8-9,12-14,16-17,21H2,1H3,(H,35,36,37). The molecule has 0 aliphatic carbocycles. The molecule has 1 atom stereocenters. The Labute approximate surface area is 277 Å². The van der Waals surface area contributed by atoms with Crippen LogP contribution in [-0.4, -0.2) is 93.3 Å². The smallest absolute Gasteiger partial charge is 0.263 e. The molecule has 0 radical (unpaired) electrons. The number of aromatic nitrogens is 5. The summed E-state index contributed by atoms with van der Waals surface area (Å²) in [6.07, 6.45) is 10.1. The first-order chi connectivity index (χ1) is 22.8. The third-order valence-corrected chi connectivity index (χ3v) is 11.7. The SMILES string of the molecule is CS(=O)(=O)N1CCC(n2c(=O)c(-c3nccn3-c3ccsc3)cc3cnc(Nc4ccc(N5CCN6CCCC6C5)cc4)nc32)CC1. The summed E-state index contributed by atoms with van der Waals surface area (Å²) in [6, 6.07) is 12.6. The van der Waals surface area contributed by atoms with Crippen molar-refractivity contribution in [1.82, 2.24) is 33.3 Å². The molecule has 0 bridgehead atoms. The highest BCUT2D eigenvalue weighted by Gasteiger charge is 2.31. The molecule has 1 N–H and O–H groups in total. The minimum absolute atomic E-state index is 0.214. The number of benzene rings is 1. The van der Waals surface area contributed by atoms with Gasteiger partial charge in [0.1, 0.15) is 11.5 Å². The van der Waals surface area contributed by atoms with Crippen molar-refractivity contribution in [2.24, 2.45) is 0 Å². The molecule has 1 unspecified atom stereocenters. The van der Waals surface area contributed by atoms with Crippen molar-refractivity contribution in [1.29, 1.82) is 0 Å². The third-order valence-electron chi connectivity index (χ3n) is 9.77. The number of hydrogen-bond donors (Lipinski definition) is 1. The van der Waals surface area contributed by atoms with Crippen molar-refractivity contribution in [3.8, 4) is 17.1 Å². The Morgan fingerprint density at radius 3 is 2.53 bits per heavy atom. The van der Waals surface area contributed by atoms with Gasteiger partial charge in [0.2, 0.25) is 16.0 Å². The van der Waals surface area contributed by atoms with E-state index in [9.17, 15) is 13.2 Å². The minimum Gasteiger partial charge on any atom is -0.369 e. The molecule has 0 spiro atoms. The molecule has 7 heterocycles. The van der Waals surface area contributed by atoms with E-state index in [0.29, 0.717) is 60.3 Å². The summed E-state index contributed by atoms with van der Waals surface area (Å²) in [6.45, 7) is 5.11. The van der Waals surface area contributed by atoms with E-state index in [1.165, 1.54) is 35.6 Å². The molecule has 3 aliphatic rings. The van der Waals surface area contributed by atoms with Crippen LogP contribution in [0.2, 0.25) is 0 Å². The van der Waals surface area contributed by atoms with Crippen molar-refractivity contribution in [2.45, 2.75) is 37.8 Å². The second-order valence-corrected chi connectivity index (χ2v) is 15.4. The predicted molar refractivity (Wildman–Crippen MR) is 185 cm³/mol. The summed E-state index contributed by atoms with van der Waals surface area (Å²) >= 11 is 1.57. The van der Waals surface area contributed by atoms with E-state index < -0.39 is 10.0 Å². The molecule has 12 nitrogen and oxygen atoms in total. The van der Waals surface area contributed by atoms with Gasteiger partial charge in [0.15, 0.2) is 0 Å². The first kappa shape index (κ1) is 30.2. The molecule has 3 fully saturated rings. The zero-order valence-corrected chi connectivity index (χ0v) is 27.8. The lowest BCUT2D eigenvalue weighted by molar-refractivity contribution is 0.231. The van der Waals surface area contributed by atoms with Crippen molar-refractivity contribution in [3.05, 3.63) is 76.1 Å². The summed E-state index contributed by atoms with van der Waals surface area (Å²) in [5, 5.41) is 8.04. The molecule has 244 valence electrons. The van der Waals surface area contributed by atoms with E-state index >= 15 is 0 Å². The Morgan fingerprint density at radius 2 is 1.77 bits per heavy atom. The highest BCUT2D eigenvalue weighted by molar-refractivity contribution is 7.88. The van der Waals surface area contributed by atoms with Gasteiger partial charge in [0, 0.05) is 85.5 Å². The third kappa shape index (κ3) is 5.83. The average molecular weight is 672 g/mol. The van der Waals surface area contributed by atoms with Crippen molar-refractivity contribution in [2.75, 3.05) is 55.7 Å². The van der Waals surface area contributed by atoms with Gasteiger partial charge >= 0.3 is 0 Å². The molecule has 4 aromatic heterocycles. The van der Waals surface area contributed by atoms with Gasteiger partial charge in [-0.1, -0.05) is 0 Å². The number of piperidine rings is 1. The number of rotatable bonds is 7. The number of thiophene rings is 1. The number of piperazine rings is 1. The Balaban J connectivity index is 1.13. The van der Waals surface area contributed by atoms with Crippen LogP contribution in [-0.2, 0) is 10.0 Å².